The van der Waals surface area contributed by atoms with Gasteiger partial charge < -0.3 is 15.2 Å². The van der Waals surface area contributed by atoms with Gasteiger partial charge in [0.2, 0.25) is 5.91 Å². The van der Waals surface area contributed by atoms with Gasteiger partial charge in [0.25, 0.3) is 0 Å². The Balaban J connectivity index is 2.10. The highest BCUT2D eigenvalue weighted by Gasteiger charge is 2.07. The lowest BCUT2D eigenvalue weighted by atomic mass is 10.1. The van der Waals surface area contributed by atoms with E-state index >= 15 is 0 Å². The summed E-state index contributed by atoms with van der Waals surface area (Å²) in [7, 11) is 0. The van der Waals surface area contributed by atoms with Gasteiger partial charge in [-0.25, -0.2) is 0 Å². The molecule has 1 aromatic heterocycles. The molecule has 1 aromatic carbocycles. The minimum absolute atomic E-state index is 0.0371. The molecule has 2 rings (SSSR count). The largest absolute Gasteiger partial charge is 0.379 e. The topological polar surface area (TPSA) is 46.1 Å². The van der Waals surface area contributed by atoms with Crippen molar-refractivity contribution in [2.45, 2.75) is 40.3 Å². The lowest BCUT2D eigenvalue weighted by Gasteiger charge is -2.14. The summed E-state index contributed by atoms with van der Waals surface area (Å²) >= 11 is 0. The number of benzene rings is 1. The maximum atomic E-state index is 11.5. The van der Waals surface area contributed by atoms with Gasteiger partial charge >= 0.3 is 0 Å². The first-order chi connectivity index (χ1) is 10.2. The molecule has 0 aliphatic carbocycles. The molecule has 2 aromatic rings. The fourth-order valence-electron chi connectivity index (χ4n) is 2.31. The average molecular weight is 285 g/mol. The number of carbonyl (C=O) groups excluding carboxylic acids is 1. The molecule has 4 heteroatoms. The van der Waals surface area contributed by atoms with Crippen molar-refractivity contribution in [3.8, 4) is 0 Å². The number of nitrogens with one attached hydrogen (secondary N) is 2. The molecule has 1 amide bonds. The van der Waals surface area contributed by atoms with Crippen LogP contribution in [0, 0.1) is 6.92 Å². The molecule has 0 atom stereocenters. The third-order valence-electron chi connectivity index (χ3n) is 3.65. The van der Waals surface area contributed by atoms with E-state index < -0.39 is 0 Å². The first-order valence-corrected chi connectivity index (χ1v) is 7.43. The summed E-state index contributed by atoms with van der Waals surface area (Å²) in [6, 6.07) is 10.1. The first-order valence-electron chi connectivity index (χ1n) is 7.43. The van der Waals surface area contributed by atoms with Crippen LogP contribution in [0.3, 0.4) is 0 Å². The van der Waals surface area contributed by atoms with Gasteiger partial charge in [-0.05, 0) is 43.7 Å². The quantitative estimate of drug-likeness (QED) is 0.848. The summed E-state index contributed by atoms with van der Waals surface area (Å²) < 4.78 is 2.21. The predicted octanol–water partition coefficient (Wildman–Crippen LogP) is 3.78. The Kier molecular flexibility index (Phi) is 5.04. The number of amides is 1. The highest BCUT2D eigenvalue weighted by atomic mass is 16.1. The third kappa shape index (κ3) is 3.66. The van der Waals surface area contributed by atoms with Crippen LogP contribution in [0.5, 0.6) is 0 Å². The summed E-state index contributed by atoms with van der Waals surface area (Å²) in [5.74, 6) is 0.0371. The molecule has 112 valence electrons. The number of nitrogens with zero attached hydrogens (tertiary/aromatic N) is 1. The molecule has 0 unspecified atom stereocenters. The van der Waals surface area contributed by atoms with Gasteiger partial charge in [0.15, 0.2) is 0 Å². The molecule has 2 N–H and O–H groups in total. The van der Waals surface area contributed by atoms with Crippen LogP contribution in [0.15, 0.2) is 36.5 Å². The van der Waals surface area contributed by atoms with Crippen molar-refractivity contribution in [3.05, 3.63) is 47.8 Å². The Morgan fingerprint density at radius 1 is 1.14 bits per heavy atom. The molecule has 0 spiro atoms. The zero-order valence-electron chi connectivity index (χ0n) is 12.9. The minimum Gasteiger partial charge on any atom is -0.379 e. The normalized spacial score (nSPS) is 10.4. The van der Waals surface area contributed by atoms with E-state index in [0.29, 0.717) is 6.42 Å². The van der Waals surface area contributed by atoms with E-state index in [1.54, 1.807) is 0 Å². The standard InChI is InChI=1S/C17H23N3O/c1-4-17(21)19-16-10-6-9-15(13(16)3)18-12-14-8-7-11-20(14)5-2/h6-11,18H,4-5,12H2,1-3H3,(H,19,21). The summed E-state index contributed by atoms with van der Waals surface area (Å²) in [5, 5.41) is 6.38. The minimum atomic E-state index is 0.0371. The van der Waals surface area contributed by atoms with Crippen LogP contribution in [-0.4, -0.2) is 10.5 Å². The maximum absolute atomic E-state index is 11.5. The molecule has 0 aliphatic heterocycles. The predicted molar refractivity (Wildman–Crippen MR) is 87.5 cm³/mol. The molecule has 4 nitrogen and oxygen atoms in total. The van der Waals surface area contributed by atoms with Crippen molar-refractivity contribution in [2.24, 2.45) is 0 Å². The Bertz CT molecular complexity index is 616. The number of hydrogen-bond acceptors (Lipinski definition) is 2. The van der Waals surface area contributed by atoms with Crippen LogP contribution in [0.2, 0.25) is 0 Å². The number of hydrogen-bond donors (Lipinski definition) is 2. The highest BCUT2D eigenvalue weighted by Crippen LogP contribution is 2.24. The van der Waals surface area contributed by atoms with Crippen molar-refractivity contribution in [3.63, 3.8) is 0 Å². The van der Waals surface area contributed by atoms with E-state index in [2.05, 4.69) is 40.5 Å². The van der Waals surface area contributed by atoms with E-state index in [0.717, 1.165) is 30.0 Å². The second-order valence-corrected chi connectivity index (χ2v) is 5.02. The second-order valence-electron chi connectivity index (χ2n) is 5.02. The molecular weight excluding hydrogens is 262 g/mol. The van der Waals surface area contributed by atoms with Gasteiger partial charge in [-0.1, -0.05) is 13.0 Å². The van der Waals surface area contributed by atoms with Crippen molar-refractivity contribution in [2.75, 3.05) is 10.6 Å². The molecule has 0 radical (unpaired) electrons. The summed E-state index contributed by atoms with van der Waals surface area (Å²) in [6.45, 7) is 7.75. The number of rotatable bonds is 6. The smallest absolute Gasteiger partial charge is 0.224 e. The van der Waals surface area contributed by atoms with Crippen molar-refractivity contribution in [1.29, 1.82) is 0 Å². The molecular formula is C17H23N3O. The number of carbonyl (C=O) groups is 1. The summed E-state index contributed by atoms with van der Waals surface area (Å²) in [6.07, 6.45) is 2.57. The molecule has 0 saturated carbocycles. The van der Waals surface area contributed by atoms with Crippen molar-refractivity contribution >= 4 is 17.3 Å². The van der Waals surface area contributed by atoms with E-state index in [9.17, 15) is 4.79 Å². The van der Waals surface area contributed by atoms with Crippen LogP contribution in [-0.2, 0) is 17.9 Å². The van der Waals surface area contributed by atoms with E-state index in [-0.39, 0.29) is 5.91 Å². The lowest BCUT2D eigenvalue weighted by molar-refractivity contribution is -0.115. The van der Waals surface area contributed by atoms with Crippen LogP contribution in [0.25, 0.3) is 0 Å². The van der Waals surface area contributed by atoms with E-state index in [4.69, 9.17) is 0 Å². The van der Waals surface area contributed by atoms with Crippen molar-refractivity contribution < 1.29 is 4.79 Å². The van der Waals surface area contributed by atoms with Crippen molar-refractivity contribution in [1.82, 2.24) is 4.57 Å². The third-order valence-corrected chi connectivity index (χ3v) is 3.65. The van der Waals surface area contributed by atoms with Gasteiger partial charge in [-0.2, -0.15) is 0 Å². The molecule has 0 aliphatic rings. The van der Waals surface area contributed by atoms with Gasteiger partial charge in [0.05, 0.1) is 6.54 Å². The number of anilines is 2. The Morgan fingerprint density at radius 2 is 1.90 bits per heavy atom. The van der Waals surface area contributed by atoms with Crippen LogP contribution < -0.4 is 10.6 Å². The highest BCUT2D eigenvalue weighted by molar-refractivity contribution is 5.92. The molecule has 0 fully saturated rings. The Labute approximate surface area is 126 Å². The van der Waals surface area contributed by atoms with Gasteiger partial charge in [0, 0.05) is 36.2 Å². The Morgan fingerprint density at radius 3 is 2.62 bits per heavy atom. The maximum Gasteiger partial charge on any atom is 0.224 e. The van der Waals surface area contributed by atoms with Gasteiger partial charge in [-0.3, -0.25) is 4.79 Å². The van der Waals surface area contributed by atoms with E-state index in [1.807, 2.05) is 32.0 Å². The fraction of sp³-hybridized carbons (Fsp3) is 0.353. The molecule has 0 bridgehead atoms. The monoisotopic (exact) mass is 285 g/mol. The second kappa shape index (κ2) is 6.97. The van der Waals surface area contributed by atoms with Crippen LogP contribution in [0.1, 0.15) is 31.5 Å². The van der Waals surface area contributed by atoms with Crippen LogP contribution in [0.4, 0.5) is 11.4 Å². The summed E-state index contributed by atoms with van der Waals surface area (Å²) in [4.78, 5) is 11.5. The molecule has 1 heterocycles. The molecule has 0 saturated heterocycles. The van der Waals surface area contributed by atoms with Gasteiger partial charge in [0.1, 0.15) is 0 Å². The summed E-state index contributed by atoms with van der Waals surface area (Å²) in [5.41, 5.74) is 4.24. The zero-order valence-corrected chi connectivity index (χ0v) is 12.9. The average Bonchev–Trinajstić information content (AvgIpc) is 2.95. The molecule has 21 heavy (non-hydrogen) atoms. The number of aromatic nitrogens is 1. The fourth-order valence-corrected chi connectivity index (χ4v) is 2.31. The lowest BCUT2D eigenvalue weighted by Crippen LogP contribution is -2.12. The first kappa shape index (κ1) is 15.2. The van der Waals surface area contributed by atoms with E-state index in [1.165, 1.54) is 5.69 Å². The SMILES string of the molecule is CCC(=O)Nc1cccc(NCc2cccn2CC)c1C. The zero-order chi connectivity index (χ0) is 15.2. The number of aryl methyl sites for hydroxylation is 1. The van der Waals surface area contributed by atoms with Gasteiger partial charge in [-0.15, -0.1) is 0 Å². The Hall–Kier alpha value is -2.23. The van der Waals surface area contributed by atoms with Crippen LogP contribution >= 0.6 is 0 Å².